The molecule has 0 aliphatic carbocycles. The van der Waals surface area contributed by atoms with Gasteiger partial charge >= 0.3 is 0 Å². The molecule has 0 radical (unpaired) electrons. The highest BCUT2D eigenvalue weighted by Gasteiger charge is 2.29. The maximum absolute atomic E-state index is 12.7. The number of H-pyrrole nitrogens is 1. The van der Waals surface area contributed by atoms with Crippen LogP contribution < -0.4 is 5.56 Å². The van der Waals surface area contributed by atoms with Crippen LogP contribution in [0.1, 0.15) is 41.2 Å². The van der Waals surface area contributed by atoms with Crippen LogP contribution in [0.4, 0.5) is 0 Å². The number of rotatable bonds is 2. The summed E-state index contributed by atoms with van der Waals surface area (Å²) in [5, 5.41) is 0. The molecule has 0 bridgehead atoms. The lowest BCUT2D eigenvalue weighted by Crippen LogP contribution is -2.40. The average molecular weight is 282 g/mol. The molecule has 1 aliphatic rings. The molecule has 2 heterocycles. The van der Waals surface area contributed by atoms with E-state index in [-0.39, 0.29) is 17.5 Å². The van der Waals surface area contributed by atoms with Crippen molar-refractivity contribution in [3.05, 3.63) is 70.1 Å². The highest BCUT2D eigenvalue weighted by molar-refractivity contribution is 5.94. The Morgan fingerprint density at radius 2 is 1.90 bits per heavy atom. The number of aromatic nitrogens is 1. The van der Waals surface area contributed by atoms with Crippen molar-refractivity contribution in [1.82, 2.24) is 9.88 Å². The second kappa shape index (κ2) is 5.95. The van der Waals surface area contributed by atoms with Crippen LogP contribution >= 0.6 is 0 Å². The smallest absolute Gasteiger partial charge is 0.254 e. The summed E-state index contributed by atoms with van der Waals surface area (Å²) in [5.41, 5.74) is 1.26. The van der Waals surface area contributed by atoms with Crippen LogP contribution in [0.25, 0.3) is 0 Å². The summed E-state index contributed by atoms with van der Waals surface area (Å²) in [6, 6.07) is 12.8. The Morgan fingerprint density at radius 1 is 1.10 bits per heavy atom. The number of aromatic amines is 1. The van der Waals surface area contributed by atoms with Crippen LogP contribution in [0.3, 0.4) is 0 Å². The number of amides is 1. The summed E-state index contributed by atoms with van der Waals surface area (Å²) < 4.78 is 0. The molecule has 108 valence electrons. The maximum atomic E-state index is 12.7. The second-order valence-corrected chi connectivity index (χ2v) is 5.33. The normalized spacial score (nSPS) is 18.5. The van der Waals surface area contributed by atoms with Gasteiger partial charge in [-0.25, -0.2) is 0 Å². The van der Waals surface area contributed by atoms with Crippen molar-refractivity contribution in [1.29, 1.82) is 0 Å². The number of likely N-dealkylation sites (tertiary alicyclic amines) is 1. The van der Waals surface area contributed by atoms with E-state index in [0.717, 1.165) is 19.3 Å². The van der Waals surface area contributed by atoms with Crippen LogP contribution in [0.5, 0.6) is 0 Å². The number of hydrogen-bond acceptors (Lipinski definition) is 2. The molecule has 1 N–H and O–H groups in total. The molecule has 4 nitrogen and oxygen atoms in total. The first kappa shape index (κ1) is 13.6. The summed E-state index contributed by atoms with van der Waals surface area (Å²) >= 11 is 0. The fraction of sp³-hybridized carbons (Fsp3) is 0.294. The molecule has 21 heavy (non-hydrogen) atoms. The van der Waals surface area contributed by atoms with E-state index in [1.165, 1.54) is 0 Å². The van der Waals surface area contributed by atoms with Gasteiger partial charge in [0.1, 0.15) is 0 Å². The Hall–Kier alpha value is -2.36. The second-order valence-electron chi connectivity index (χ2n) is 5.33. The summed E-state index contributed by atoms with van der Waals surface area (Å²) in [6.07, 6.45) is 4.49. The number of carbonyl (C=O) groups excluding carboxylic acids is 1. The lowest BCUT2D eigenvalue weighted by molar-refractivity contribution is 0.0610. The van der Waals surface area contributed by atoms with Crippen molar-refractivity contribution in [2.45, 2.75) is 25.3 Å². The van der Waals surface area contributed by atoms with Crippen LogP contribution in [0, 0.1) is 0 Å². The lowest BCUT2D eigenvalue weighted by atomic mass is 9.95. The first-order valence-electron chi connectivity index (χ1n) is 7.31. The van der Waals surface area contributed by atoms with Gasteiger partial charge in [-0.15, -0.1) is 0 Å². The lowest BCUT2D eigenvalue weighted by Gasteiger charge is -2.35. The monoisotopic (exact) mass is 282 g/mol. The summed E-state index contributed by atoms with van der Waals surface area (Å²) in [4.78, 5) is 29.3. The third-order valence-electron chi connectivity index (χ3n) is 3.99. The number of carbonyl (C=O) groups is 1. The van der Waals surface area contributed by atoms with E-state index in [1.807, 2.05) is 47.4 Å². The molecule has 1 aliphatic heterocycles. The summed E-state index contributed by atoms with van der Waals surface area (Å²) in [7, 11) is 0. The van der Waals surface area contributed by atoms with Gasteiger partial charge in [-0.05, 0) is 43.5 Å². The Kier molecular flexibility index (Phi) is 3.86. The van der Waals surface area contributed by atoms with Crippen molar-refractivity contribution in [3.8, 4) is 0 Å². The number of hydrogen-bond donors (Lipinski definition) is 1. The first-order chi connectivity index (χ1) is 10.3. The molecule has 1 unspecified atom stereocenters. The Labute approximate surface area is 123 Å². The van der Waals surface area contributed by atoms with E-state index < -0.39 is 0 Å². The van der Waals surface area contributed by atoms with E-state index in [2.05, 4.69) is 4.98 Å². The molecule has 1 fully saturated rings. The molecule has 1 saturated heterocycles. The van der Waals surface area contributed by atoms with Crippen molar-refractivity contribution < 1.29 is 4.79 Å². The molecule has 0 spiro atoms. The molecule has 4 heteroatoms. The molecule has 3 rings (SSSR count). The van der Waals surface area contributed by atoms with Crippen molar-refractivity contribution in [2.75, 3.05) is 6.54 Å². The van der Waals surface area contributed by atoms with Crippen LogP contribution in [0.15, 0.2) is 53.5 Å². The van der Waals surface area contributed by atoms with Crippen LogP contribution in [0.2, 0.25) is 0 Å². The van der Waals surface area contributed by atoms with Crippen molar-refractivity contribution in [2.24, 2.45) is 0 Å². The molecular weight excluding hydrogens is 264 g/mol. The molecular formula is C17H18N2O2. The number of pyridine rings is 1. The largest absolute Gasteiger partial charge is 0.331 e. The number of benzene rings is 1. The third-order valence-corrected chi connectivity index (χ3v) is 3.99. The summed E-state index contributed by atoms with van der Waals surface area (Å²) in [6.45, 7) is 0.701. The van der Waals surface area contributed by atoms with Crippen LogP contribution in [-0.2, 0) is 0 Å². The minimum absolute atomic E-state index is 0.00329. The number of nitrogens with zero attached hydrogens (tertiary/aromatic N) is 1. The zero-order chi connectivity index (χ0) is 14.7. The van der Waals surface area contributed by atoms with Gasteiger partial charge in [0.15, 0.2) is 0 Å². The van der Waals surface area contributed by atoms with E-state index in [4.69, 9.17) is 0 Å². The fourth-order valence-electron chi connectivity index (χ4n) is 2.94. The highest BCUT2D eigenvalue weighted by atomic mass is 16.2. The van der Waals surface area contributed by atoms with Gasteiger partial charge < -0.3 is 9.88 Å². The predicted octanol–water partition coefficient (Wildman–Crippen LogP) is 2.74. The molecule has 1 aromatic heterocycles. The van der Waals surface area contributed by atoms with Gasteiger partial charge in [0.2, 0.25) is 0 Å². The van der Waals surface area contributed by atoms with Gasteiger partial charge in [0, 0.05) is 23.9 Å². The zero-order valence-corrected chi connectivity index (χ0v) is 11.8. The standard InChI is InChI=1S/C17H18N2O2/c20-16-14(9-6-11-18-16)15-10-4-5-12-19(15)17(21)13-7-2-1-3-8-13/h1-3,6-9,11,15H,4-5,10,12H2,(H,18,20). The van der Waals surface area contributed by atoms with Crippen molar-refractivity contribution in [3.63, 3.8) is 0 Å². The molecule has 1 amide bonds. The topological polar surface area (TPSA) is 53.2 Å². The minimum Gasteiger partial charge on any atom is -0.331 e. The Bertz CT molecular complexity index is 678. The maximum Gasteiger partial charge on any atom is 0.254 e. The first-order valence-corrected chi connectivity index (χ1v) is 7.31. The van der Waals surface area contributed by atoms with E-state index in [9.17, 15) is 9.59 Å². The van der Waals surface area contributed by atoms with Gasteiger partial charge in [0.25, 0.3) is 11.5 Å². The average Bonchev–Trinajstić information content (AvgIpc) is 2.55. The van der Waals surface area contributed by atoms with E-state index in [0.29, 0.717) is 17.7 Å². The number of nitrogens with one attached hydrogen (secondary N) is 1. The van der Waals surface area contributed by atoms with Gasteiger partial charge in [0.05, 0.1) is 6.04 Å². The van der Waals surface area contributed by atoms with Gasteiger partial charge in [-0.1, -0.05) is 18.2 Å². The third kappa shape index (κ3) is 2.75. The molecule has 1 atom stereocenters. The van der Waals surface area contributed by atoms with Crippen molar-refractivity contribution >= 4 is 5.91 Å². The fourth-order valence-corrected chi connectivity index (χ4v) is 2.94. The SMILES string of the molecule is O=C(c1ccccc1)N1CCCCC1c1ccc[nH]c1=O. The highest BCUT2D eigenvalue weighted by Crippen LogP contribution is 2.30. The predicted molar refractivity (Wildman–Crippen MR) is 81.1 cm³/mol. The Morgan fingerprint density at radius 3 is 2.67 bits per heavy atom. The van der Waals surface area contributed by atoms with Gasteiger partial charge in [-0.3, -0.25) is 9.59 Å². The molecule has 2 aromatic rings. The molecule has 0 saturated carbocycles. The van der Waals surface area contributed by atoms with E-state index >= 15 is 0 Å². The van der Waals surface area contributed by atoms with Crippen LogP contribution in [-0.4, -0.2) is 22.3 Å². The quantitative estimate of drug-likeness (QED) is 0.920. The zero-order valence-electron chi connectivity index (χ0n) is 11.8. The van der Waals surface area contributed by atoms with Gasteiger partial charge in [-0.2, -0.15) is 0 Å². The molecule has 1 aromatic carbocycles. The minimum atomic E-state index is -0.128. The summed E-state index contributed by atoms with van der Waals surface area (Å²) in [5.74, 6) is 0.00329. The van der Waals surface area contributed by atoms with E-state index in [1.54, 1.807) is 6.20 Å². The number of piperidine rings is 1. The Balaban J connectivity index is 1.94.